The quantitative estimate of drug-likeness (QED) is 0.444. The van der Waals surface area contributed by atoms with Gasteiger partial charge in [0.05, 0.1) is 28.9 Å². The predicted molar refractivity (Wildman–Crippen MR) is 165 cm³/mol. The topological polar surface area (TPSA) is 115 Å². The molecule has 1 spiro atoms. The van der Waals surface area contributed by atoms with E-state index in [2.05, 4.69) is 25.1 Å². The van der Waals surface area contributed by atoms with E-state index in [-0.39, 0.29) is 23.8 Å². The Kier molecular flexibility index (Phi) is 8.25. The summed E-state index contributed by atoms with van der Waals surface area (Å²) in [5.41, 5.74) is -2.07. The first-order valence-corrected chi connectivity index (χ1v) is 16.2. The summed E-state index contributed by atoms with van der Waals surface area (Å²) in [6.45, 7) is 11.5. The van der Waals surface area contributed by atoms with Crippen LogP contribution >= 0.6 is 0 Å². The standard InChI is InChI=1S/C34H43F3N6O3/c1-31(2)28(32(3,4)29(31)46-25-6-5-21(16-38)26(15-25)34(35,36)37)41-27(45)22-17-39-30(40-18-22)43-19-33(20-43)11-7-23(8-12-33)42-13-9-24(44)10-14-42/h5-6,15,17-18,23-24,28-29,44H,7-14,19-20H2,1-4H3,(H,41,45). The molecule has 0 radical (unpaired) electrons. The fourth-order valence-corrected chi connectivity index (χ4v) is 8.73. The number of likely N-dealkylation sites (tertiary alicyclic amines) is 1. The minimum atomic E-state index is -4.68. The Balaban J connectivity index is 1.02. The van der Waals surface area contributed by atoms with E-state index < -0.39 is 34.2 Å². The minimum Gasteiger partial charge on any atom is -0.489 e. The fourth-order valence-electron chi connectivity index (χ4n) is 8.73. The number of nitriles is 1. The number of aromatic nitrogens is 2. The lowest BCUT2D eigenvalue weighted by Crippen LogP contribution is -2.74. The van der Waals surface area contributed by atoms with E-state index in [1.807, 2.05) is 27.7 Å². The number of alkyl halides is 3. The van der Waals surface area contributed by atoms with Crippen molar-refractivity contribution in [3.63, 3.8) is 0 Å². The summed E-state index contributed by atoms with van der Waals surface area (Å²) in [6, 6.07) is 5.22. The van der Waals surface area contributed by atoms with Crippen molar-refractivity contribution in [3.8, 4) is 11.8 Å². The highest BCUT2D eigenvalue weighted by molar-refractivity contribution is 5.94. The molecular formula is C34H43F3N6O3. The molecule has 4 fully saturated rings. The highest BCUT2D eigenvalue weighted by Gasteiger charge is 2.64. The molecule has 6 rings (SSSR count). The number of ether oxygens (including phenoxy) is 1. The maximum absolute atomic E-state index is 13.5. The van der Waals surface area contributed by atoms with E-state index >= 15 is 0 Å². The Morgan fingerprint density at radius 3 is 2.22 bits per heavy atom. The summed E-state index contributed by atoms with van der Waals surface area (Å²) in [5.74, 6) is 0.319. The van der Waals surface area contributed by atoms with Crippen LogP contribution in [-0.2, 0) is 6.18 Å². The smallest absolute Gasteiger partial charge is 0.417 e. The van der Waals surface area contributed by atoms with Crippen LogP contribution in [0.25, 0.3) is 0 Å². The van der Waals surface area contributed by atoms with Crippen LogP contribution in [0.5, 0.6) is 5.75 Å². The van der Waals surface area contributed by atoms with E-state index in [9.17, 15) is 23.1 Å². The fraction of sp³-hybridized carbons (Fsp3) is 0.647. The molecule has 12 heteroatoms. The maximum Gasteiger partial charge on any atom is 0.417 e. The average Bonchev–Trinajstić information content (AvgIpc) is 3.01. The second-order valence-electron chi connectivity index (χ2n) is 15.0. The van der Waals surface area contributed by atoms with Crippen molar-refractivity contribution >= 4 is 11.9 Å². The number of amides is 1. The molecule has 2 N–H and O–H groups in total. The van der Waals surface area contributed by atoms with Gasteiger partial charge in [-0.05, 0) is 56.7 Å². The van der Waals surface area contributed by atoms with Crippen molar-refractivity contribution < 1.29 is 27.8 Å². The zero-order chi connectivity index (χ0) is 33.1. The average molecular weight is 641 g/mol. The number of benzene rings is 1. The Labute approximate surface area is 268 Å². The molecule has 46 heavy (non-hydrogen) atoms. The van der Waals surface area contributed by atoms with Gasteiger partial charge in [-0.1, -0.05) is 27.7 Å². The molecule has 3 heterocycles. The van der Waals surface area contributed by atoms with Crippen LogP contribution in [0.4, 0.5) is 19.1 Å². The van der Waals surface area contributed by atoms with Crippen molar-refractivity contribution in [3.05, 3.63) is 47.3 Å². The second kappa shape index (κ2) is 11.7. The van der Waals surface area contributed by atoms with Gasteiger partial charge in [-0.2, -0.15) is 18.4 Å². The van der Waals surface area contributed by atoms with Gasteiger partial charge in [0.25, 0.3) is 5.91 Å². The summed E-state index contributed by atoms with van der Waals surface area (Å²) < 4.78 is 46.6. The van der Waals surface area contributed by atoms with Crippen molar-refractivity contribution in [1.82, 2.24) is 20.2 Å². The third-order valence-electron chi connectivity index (χ3n) is 11.1. The third kappa shape index (κ3) is 5.92. The van der Waals surface area contributed by atoms with Crippen molar-refractivity contribution in [2.24, 2.45) is 16.2 Å². The van der Waals surface area contributed by atoms with Crippen LogP contribution in [0.3, 0.4) is 0 Å². The number of aliphatic hydroxyl groups excluding tert-OH is 1. The molecule has 0 bridgehead atoms. The number of carbonyl (C=O) groups is 1. The van der Waals surface area contributed by atoms with Gasteiger partial charge in [0.1, 0.15) is 11.9 Å². The molecule has 9 nitrogen and oxygen atoms in total. The Morgan fingerprint density at radius 2 is 1.65 bits per heavy atom. The van der Waals surface area contributed by atoms with Gasteiger partial charge < -0.3 is 25.0 Å². The Hall–Kier alpha value is -3.43. The first kappa shape index (κ1) is 32.5. The monoisotopic (exact) mass is 640 g/mol. The van der Waals surface area contributed by atoms with Crippen molar-refractivity contribution in [2.45, 2.75) is 96.7 Å². The summed E-state index contributed by atoms with van der Waals surface area (Å²) >= 11 is 0. The zero-order valence-corrected chi connectivity index (χ0v) is 26.9. The van der Waals surface area contributed by atoms with Gasteiger partial charge in [-0.15, -0.1) is 0 Å². The summed E-state index contributed by atoms with van der Waals surface area (Å²) in [6.07, 6.45) is 4.26. The van der Waals surface area contributed by atoms with Crippen LogP contribution < -0.4 is 15.0 Å². The normalized spacial score (nSPS) is 26.1. The van der Waals surface area contributed by atoms with Crippen LogP contribution in [0, 0.1) is 27.6 Å². The number of hydrogen-bond acceptors (Lipinski definition) is 8. The van der Waals surface area contributed by atoms with Crippen molar-refractivity contribution in [2.75, 3.05) is 31.1 Å². The van der Waals surface area contributed by atoms with Crippen LogP contribution in [0.1, 0.15) is 87.7 Å². The minimum absolute atomic E-state index is 0.0230. The Morgan fingerprint density at radius 1 is 1.04 bits per heavy atom. The van der Waals surface area contributed by atoms with Gasteiger partial charge in [0.15, 0.2) is 0 Å². The number of nitrogens with one attached hydrogen (secondary N) is 1. The van der Waals surface area contributed by atoms with Crippen molar-refractivity contribution in [1.29, 1.82) is 5.26 Å². The predicted octanol–water partition coefficient (Wildman–Crippen LogP) is 5.18. The number of carbonyl (C=O) groups excluding carboxylic acids is 1. The summed E-state index contributed by atoms with van der Waals surface area (Å²) in [4.78, 5) is 27.0. The molecule has 1 aromatic carbocycles. The number of rotatable bonds is 6. The number of hydrogen-bond donors (Lipinski definition) is 2. The molecule has 248 valence electrons. The molecule has 4 aliphatic rings. The molecule has 2 aromatic rings. The highest BCUT2D eigenvalue weighted by atomic mass is 19.4. The molecule has 1 aromatic heterocycles. The molecule has 2 aliphatic carbocycles. The lowest BCUT2D eigenvalue weighted by Gasteiger charge is -2.63. The van der Waals surface area contributed by atoms with Gasteiger partial charge in [-0.3, -0.25) is 4.79 Å². The van der Waals surface area contributed by atoms with Crippen LogP contribution in [-0.4, -0.2) is 76.4 Å². The Bertz CT molecular complexity index is 1460. The molecule has 1 amide bonds. The molecule has 2 saturated heterocycles. The maximum atomic E-state index is 13.5. The van der Waals surface area contributed by atoms with E-state index in [1.165, 1.54) is 31.7 Å². The first-order chi connectivity index (χ1) is 21.6. The lowest BCUT2D eigenvalue weighted by molar-refractivity contribution is -0.164. The molecule has 0 atom stereocenters. The number of anilines is 1. The zero-order valence-electron chi connectivity index (χ0n) is 26.9. The largest absolute Gasteiger partial charge is 0.489 e. The molecular weight excluding hydrogens is 597 g/mol. The molecule has 2 saturated carbocycles. The molecule has 0 unspecified atom stereocenters. The highest BCUT2D eigenvalue weighted by Crippen LogP contribution is 2.56. The van der Waals surface area contributed by atoms with Crippen LogP contribution in [0.15, 0.2) is 30.6 Å². The number of piperidine rings is 1. The summed E-state index contributed by atoms with van der Waals surface area (Å²) in [7, 11) is 0. The first-order valence-electron chi connectivity index (χ1n) is 16.2. The van der Waals surface area contributed by atoms with E-state index in [1.54, 1.807) is 18.5 Å². The van der Waals surface area contributed by atoms with Gasteiger partial charge >= 0.3 is 6.18 Å². The van der Waals surface area contributed by atoms with Gasteiger partial charge in [0.2, 0.25) is 5.95 Å². The molecule has 2 aliphatic heterocycles. The lowest BCUT2D eigenvalue weighted by atomic mass is 9.49. The second-order valence-corrected chi connectivity index (χ2v) is 15.0. The van der Waals surface area contributed by atoms with E-state index in [0.29, 0.717) is 23.0 Å². The number of aliphatic hydroxyl groups is 1. The van der Waals surface area contributed by atoms with E-state index in [0.717, 1.165) is 51.2 Å². The number of halogens is 3. The SMILES string of the molecule is CC1(C)C(NC(=O)c2cnc(N3CC4(CCC(N5CCC(O)CC5)CC4)C3)nc2)C(C)(C)C1Oc1ccc(C#N)c(C(F)(F)F)c1. The van der Waals surface area contributed by atoms with Gasteiger partial charge in [-0.25, -0.2) is 9.97 Å². The summed E-state index contributed by atoms with van der Waals surface area (Å²) in [5, 5.41) is 22.0. The van der Waals surface area contributed by atoms with E-state index in [4.69, 9.17) is 10.00 Å². The third-order valence-corrected chi connectivity index (χ3v) is 11.1. The van der Waals surface area contributed by atoms with Crippen LogP contribution in [0.2, 0.25) is 0 Å². The van der Waals surface area contributed by atoms with Gasteiger partial charge in [0, 0.05) is 66.9 Å². The number of nitrogens with zero attached hydrogens (tertiary/aromatic N) is 5.